The third kappa shape index (κ3) is 0.989. The smallest absolute Gasteiger partial charge is 0.199 e. The van der Waals surface area contributed by atoms with E-state index in [0.29, 0.717) is 6.17 Å². The summed E-state index contributed by atoms with van der Waals surface area (Å²) in [5, 5.41) is 0. The largest absolute Gasteiger partial charge is 0.238 e. The lowest BCUT2D eigenvalue weighted by atomic mass is 10.1. The predicted octanol–water partition coefficient (Wildman–Crippen LogP) is 2.94. The maximum Gasteiger partial charge on any atom is 0.238 e. The van der Waals surface area contributed by atoms with Gasteiger partial charge in [0.05, 0.1) is 13.5 Å². The number of hydrogen-bond acceptors (Lipinski definition) is 0. The molecule has 0 saturated carbocycles. The van der Waals surface area contributed by atoms with Gasteiger partial charge in [-0.1, -0.05) is 25.1 Å². The summed E-state index contributed by atoms with van der Waals surface area (Å²) in [6.07, 6.45) is 6.70. The molecular formula is C14H20N2+2. The zero-order valence-corrected chi connectivity index (χ0v) is 10.4. The van der Waals surface area contributed by atoms with Crippen molar-refractivity contribution in [3.63, 3.8) is 0 Å². The van der Waals surface area contributed by atoms with Crippen LogP contribution in [0.2, 0.25) is 0 Å². The number of aryl methyl sites for hydroxylation is 1. The van der Waals surface area contributed by atoms with Crippen molar-refractivity contribution in [3.05, 3.63) is 42.2 Å². The highest BCUT2D eigenvalue weighted by atomic mass is 15.7. The number of rotatable bonds is 2. The molecule has 1 aromatic carbocycles. The molecule has 3 atom stereocenters. The van der Waals surface area contributed by atoms with Gasteiger partial charge in [-0.15, -0.1) is 0 Å². The second-order valence-electron chi connectivity index (χ2n) is 5.39. The average molecular weight is 216 g/mol. The first-order valence-electron chi connectivity index (χ1n) is 6.11. The Bertz CT molecular complexity index is 466. The topological polar surface area (TPSA) is 0 Å². The summed E-state index contributed by atoms with van der Waals surface area (Å²) in [5.41, 5.74) is 2.90. The average Bonchev–Trinajstić information content (AvgIpc) is 2.72. The van der Waals surface area contributed by atoms with Crippen molar-refractivity contribution in [1.82, 2.24) is 4.48 Å². The molecule has 0 spiro atoms. The normalized spacial score (nSPS) is 39.8. The van der Waals surface area contributed by atoms with Crippen LogP contribution in [-0.4, -0.2) is 24.4 Å². The van der Waals surface area contributed by atoms with E-state index in [4.69, 9.17) is 0 Å². The molecular weight excluding hydrogens is 196 g/mol. The lowest BCUT2D eigenvalue weighted by Crippen LogP contribution is -2.77. The van der Waals surface area contributed by atoms with E-state index in [9.17, 15) is 0 Å². The van der Waals surface area contributed by atoms with Crippen molar-refractivity contribution in [2.75, 3.05) is 13.7 Å². The van der Waals surface area contributed by atoms with Crippen molar-refractivity contribution >= 4 is 5.69 Å². The third-order valence-electron chi connectivity index (χ3n) is 4.35. The van der Waals surface area contributed by atoms with E-state index in [2.05, 4.69) is 57.6 Å². The van der Waals surface area contributed by atoms with E-state index in [1.807, 2.05) is 0 Å². The van der Waals surface area contributed by atoms with Gasteiger partial charge in [-0.3, -0.25) is 0 Å². The van der Waals surface area contributed by atoms with Crippen LogP contribution in [0.5, 0.6) is 0 Å². The van der Waals surface area contributed by atoms with Crippen molar-refractivity contribution in [3.8, 4) is 0 Å². The Balaban J connectivity index is 2.09. The Kier molecular flexibility index (Phi) is 1.86. The van der Waals surface area contributed by atoms with Crippen LogP contribution in [-0.2, 0) is 0 Å². The van der Waals surface area contributed by atoms with Gasteiger partial charge in [0.25, 0.3) is 0 Å². The van der Waals surface area contributed by atoms with Gasteiger partial charge < -0.3 is 0 Å². The molecule has 1 saturated heterocycles. The minimum atomic E-state index is 0.695. The maximum atomic E-state index is 2.40. The zero-order chi connectivity index (χ0) is 11.4. The molecule has 1 aromatic rings. The van der Waals surface area contributed by atoms with Gasteiger partial charge in [-0.2, -0.15) is 8.97 Å². The molecule has 84 valence electrons. The van der Waals surface area contributed by atoms with E-state index < -0.39 is 0 Å². The highest BCUT2D eigenvalue weighted by molar-refractivity contribution is 5.54. The van der Waals surface area contributed by atoms with Crippen molar-refractivity contribution in [2.45, 2.75) is 26.4 Å². The van der Waals surface area contributed by atoms with Crippen LogP contribution in [0.1, 0.15) is 18.9 Å². The Morgan fingerprint density at radius 3 is 2.62 bits per heavy atom. The monoisotopic (exact) mass is 216 g/mol. The third-order valence-corrected chi connectivity index (χ3v) is 4.35. The number of nitrogens with zero attached hydrogens (tertiary/aromatic N) is 2. The van der Waals surface area contributed by atoms with Gasteiger partial charge in [0, 0.05) is 11.6 Å². The van der Waals surface area contributed by atoms with Crippen LogP contribution >= 0.6 is 0 Å². The fourth-order valence-electron chi connectivity index (χ4n) is 3.72. The second-order valence-corrected chi connectivity index (χ2v) is 5.39. The van der Waals surface area contributed by atoms with Gasteiger partial charge >= 0.3 is 0 Å². The summed E-state index contributed by atoms with van der Waals surface area (Å²) in [4.78, 5) is 0. The number of benzene rings is 1. The van der Waals surface area contributed by atoms with Gasteiger partial charge in [-0.25, -0.2) is 0 Å². The van der Waals surface area contributed by atoms with Gasteiger partial charge in [0.15, 0.2) is 12.4 Å². The fraction of sp³-hybridized carbons (Fsp3) is 0.429. The Hall–Kier alpha value is -1.12. The molecule has 4 rings (SSSR count). The molecule has 3 aliphatic heterocycles. The predicted molar refractivity (Wildman–Crippen MR) is 67.2 cm³/mol. The van der Waals surface area contributed by atoms with E-state index in [1.165, 1.54) is 24.3 Å². The molecule has 0 N–H and O–H groups in total. The lowest BCUT2D eigenvalue weighted by molar-refractivity contribution is -0.944. The molecule has 3 heterocycles. The van der Waals surface area contributed by atoms with E-state index in [-0.39, 0.29) is 0 Å². The quantitative estimate of drug-likeness (QED) is 0.667. The highest BCUT2D eigenvalue weighted by Crippen LogP contribution is 2.49. The first-order chi connectivity index (χ1) is 7.62. The molecule has 0 radical (unpaired) electrons. The summed E-state index contributed by atoms with van der Waals surface area (Å²) < 4.78 is 2.19. The molecule has 0 amide bonds. The van der Waals surface area contributed by atoms with Crippen LogP contribution in [0.4, 0.5) is 5.69 Å². The second kappa shape index (κ2) is 2.96. The Morgan fingerprint density at radius 2 is 2.00 bits per heavy atom. The number of hydrogen-bond donors (Lipinski definition) is 0. The van der Waals surface area contributed by atoms with E-state index in [0.717, 1.165) is 8.97 Å². The number of quaternary nitrogens is 2. The molecule has 3 aliphatic rings. The van der Waals surface area contributed by atoms with Crippen LogP contribution in [0, 0.1) is 6.92 Å². The Labute approximate surface area is 97.6 Å². The summed E-state index contributed by atoms with van der Waals surface area (Å²) in [6, 6.07) is 8.81. The molecule has 0 aromatic heterocycles. The number of para-hydroxylation sites is 1. The van der Waals surface area contributed by atoms with E-state index in [1.54, 1.807) is 0 Å². The van der Waals surface area contributed by atoms with Crippen molar-refractivity contribution in [2.24, 2.45) is 0 Å². The lowest BCUT2D eigenvalue weighted by Gasteiger charge is -2.52. The van der Waals surface area contributed by atoms with Crippen LogP contribution in [0.15, 0.2) is 36.7 Å². The van der Waals surface area contributed by atoms with Crippen molar-refractivity contribution < 1.29 is 4.48 Å². The molecule has 2 bridgehead atoms. The highest BCUT2D eigenvalue weighted by Gasteiger charge is 2.67. The first-order valence-corrected chi connectivity index (χ1v) is 6.11. The Morgan fingerprint density at radius 1 is 1.25 bits per heavy atom. The van der Waals surface area contributed by atoms with E-state index >= 15 is 0 Å². The molecule has 2 nitrogen and oxygen atoms in total. The minimum Gasteiger partial charge on any atom is -0.199 e. The molecule has 2 heteroatoms. The molecule has 3 unspecified atom stereocenters. The minimum absolute atomic E-state index is 0.695. The molecule has 0 aliphatic carbocycles. The SMILES string of the molecule is CCC1[N+]2(C)C=C[N+]1(c1ccccc1C)C2. The molecule has 1 fully saturated rings. The van der Waals surface area contributed by atoms with Crippen molar-refractivity contribution in [1.29, 1.82) is 0 Å². The van der Waals surface area contributed by atoms with Crippen LogP contribution in [0.25, 0.3) is 0 Å². The fourth-order valence-corrected chi connectivity index (χ4v) is 3.72. The molecule has 16 heavy (non-hydrogen) atoms. The van der Waals surface area contributed by atoms with Crippen LogP contribution < -0.4 is 4.48 Å². The summed E-state index contributed by atoms with van der Waals surface area (Å²) in [7, 11) is 2.34. The van der Waals surface area contributed by atoms with Gasteiger partial charge in [0.2, 0.25) is 12.8 Å². The summed E-state index contributed by atoms with van der Waals surface area (Å²) in [5.74, 6) is 0. The maximum absolute atomic E-state index is 2.40. The first kappa shape index (κ1) is 10.1. The summed E-state index contributed by atoms with van der Waals surface area (Å²) >= 11 is 0. The standard InChI is InChI=1S/C14H20N2/c1-4-14-15(3)9-10-16(14,11-15)13-8-6-5-7-12(13)2/h5-10,14H,4,11H2,1-3H3/q+2. The van der Waals surface area contributed by atoms with Gasteiger partial charge in [-0.05, 0) is 6.92 Å². The zero-order valence-electron chi connectivity index (χ0n) is 10.4. The van der Waals surface area contributed by atoms with Crippen LogP contribution in [0.3, 0.4) is 0 Å². The summed E-state index contributed by atoms with van der Waals surface area (Å²) in [6.45, 7) is 5.73. The van der Waals surface area contributed by atoms with Gasteiger partial charge in [0.1, 0.15) is 5.69 Å².